The number of nitrogens with zero attached hydrogens (tertiary/aromatic N) is 1. The fourth-order valence-electron chi connectivity index (χ4n) is 2.88. The van der Waals surface area contributed by atoms with Gasteiger partial charge < -0.3 is 25.2 Å². The van der Waals surface area contributed by atoms with E-state index in [4.69, 9.17) is 15.2 Å². The lowest BCUT2D eigenvalue weighted by atomic mass is 10.0. The molecular formula is C18H20N2O4. The first-order valence-electron chi connectivity index (χ1n) is 7.74. The van der Waals surface area contributed by atoms with E-state index in [-0.39, 0.29) is 19.1 Å². The molecule has 24 heavy (non-hydrogen) atoms. The molecule has 126 valence electrons. The first kappa shape index (κ1) is 16.1. The van der Waals surface area contributed by atoms with Crippen molar-refractivity contribution in [1.82, 2.24) is 0 Å². The maximum Gasteiger partial charge on any atom is 0.268 e. The molecule has 1 atom stereocenters. The second-order valence-corrected chi connectivity index (χ2v) is 5.56. The average Bonchev–Trinajstić information content (AvgIpc) is 2.59. The lowest BCUT2D eigenvalue weighted by molar-refractivity contribution is -0.126. The number of nitrogens with two attached hydrogens (primary N) is 1. The van der Waals surface area contributed by atoms with Gasteiger partial charge in [0.1, 0.15) is 11.5 Å². The Kier molecular flexibility index (Phi) is 4.57. The summed E-state index contributed by atoms with van der Waals surface area (Å²) in [5, 5.41) is 9.30. The molecule has 1 aliphatic heterocycles. The highest BCUT2D eigenvalue weighted by Gasteiger charge is 2.34. The molecule has 0 aliphatic carbocycles. The van der Waals surface area contributed by atoms with Crippen molar-refractivity contribution in [3.8, 4) is 11.5 Å². The van der Waals surface area contributed by atoms with Gasteiger partial charge in [-0.15, -0.1) is 0 Å². The zero-order valence-corrected chi connectivity index (χ0v) is 13.4. The van der Waals surface area contributed by atoms with Gasteiger partial charge in [-0.2, -0.15) is 0 Å². The number of carbonyl (C=O) groups excluding carboxylic acids is 1. The van der Waals surface area contributed by atoms with Gasteiger partial charge in [-0.3, -0.25) is 4.79 Å². The number of fused-ring (bicyclic) bond motifs is 1. The summed E-state index contributed by atoms with van der Waals surface area (Å²) >= 11 is 0. The first-order valence-corrected chi connectivity index (χ1v) is 7.74. The third kappa shape index (κ3) is 3.00. The Morgan fingerprint density at radius 2 is 2.08 bits per heavy atom. The van der Waals surface area contributed by atoms with E-state index in [1.54, 1.807) is 30.2 Å². The van der Waals surface area contributed by atoms with Crippen molar-refractivity contribution >= 4 is 17.3 Å². The highest BCUT2D eigenvalue weighted by atomic mass is 16.5. The third-order valence-corrected chi connectivity index (χ3v) is 4.01. The summed E-state index contributed by atoms with van der Waals surface area (Å²) in [7, 11) is 1.59. The quantitative estimate of drug-likeness (QED) is 0.815. The molecule has 0 radical (unpaired) electrons. The number of β-amino-alcohol motifs (C(OH)–C–C–N with tert-alkyl or cyclic N) is 1. The van der Waals surface area contributed by atoms with Crippen molar-refractivity contribution in [3.05, 3.63) is 48.0 Å². The van der Waals surface area contributed by atoms with Crippen LogP contribution in [0.25, 0.3) is 0 Å². The molecule has 2 aromatic rings. The van der Waals surface area contributed by atoms with Crippen LogP contribution in [0.3, 0.4) is 0 Å². The van der Waals surface area contributed by atoms with Crippen LogP contribution >= 0.6 is 0 Å². The molecule has 0 aromatic heterocycles. The third-order valence-electron chi connectivity index (χ3n) is 4.01. The standard InChI is InChI=1S/C18H20N2O4/c1-23-15-5-3-2-4-12(15)10-17-18(22)20(8-9-21)14-7-6-13(19)11-16(14)24-17/h2-7,11,17,21H,8-10,19H2,1H3. The minimum atomic E-state index is -0.692. The number of methoxy groups -OCH3 is 1. The van der Waals surface area contributed by atoms with E-state index in [9.17, 15) is 9.90 Å². The van der Waals surface area contributed by atoms with Crippen molar-refractivity contribution in [3.63, 3.8) is 0 Å². The summed E-state index contributed by atoms with van der Waals surface area (Å²) in [5.41, 5.74) is 7.89. The van der Waals surface area contributed by atoms with Crippen LogP contribution in [-0.2, 0) is 11.2 Å². The molecule has 6 nitrogen and oxygen atoms in total. The average molecular weight is 328 g/mol. The highest BCUT2D eigenvalue weighted by Crippen LogP contribution is 2.36. The number of ether oxygens (including phenoxy) is 2. The minimum Gasteiger partial charge on any atom is -0.496 e. The van der Waals surface area contributed by atoms with Gasteiger partial charge in [0.2, 0.25) is 0 Å². The molecule has 0 fully saturated rings. The number of hydrogen-bond donors (Lipinski definition) is 2. The smallest absolute Gasteiger partial charge is 0.268 e. The molecule has 1 heterocycles. The molecular weight excluding hydrogens is 308 g/mol. The van der Waals surface area contributed by atoms with E-state index >= 15 is 0 Å². The Labute approximate surface area is 140 Å². The van der Waals surface area contributed by atoms with Gasteiger partial charge in [0.25, 0.3) is 5.91 Å². The molecule has 0 spiro atoms. The van der Waals surface area contributed by atoms with Crippen molar-refractivity contribution < 1.29 is 19.4 Å². The van der Waals surface area contributed by atoms with E-state index in [2.05, 4.69) is 0 Å². The van der Waals surface area contributed by atoms with Gasteiger partial charge in [0.05, 0.1) is 19.4 Å². The first-order chi connectivity index (χ1) is 11.6. The van der Waals surface area contributed by atoms with Crippen LogP contribution in [-0.4, -0.2) is 37.4 Å². The van der Waals surface area contributed by atoms with Gasteiger partial charge in [-0.05, 0) is 23.8 Å². The van der Waals surface area contributed by atoms with E-state index in [0.29, 0.717) is 29.3 Å². The maximum absolute atomic E-state index is 12.8. The Bertz CT molecular complexity index is 748. The lowest BCUT2D eigenvalue weighted by Gasteiger charge is -2.34. The number of aliphatic hydroxyl groups excluding tert-OH is 1. The summed E-state index contributed by atoms with van der Waals surface area (Å²) in [6, 6.07) is 12.7. The lowest BCUT2D eigenvalue weighted by Crippen LogP contribution is -2.48. The van der Waals surface area contributed by atoms with Crippen molar-refractivity contribution in [2.45, 2.75) is 12.5 Å². The van der Waals surface area contributed by atoms with E-state index in [1.165, 1.54) is 0 Å². The number of amides is 1. The topological polar surface area (TPSA) is 85.0 Å². The van der Waals surface area contributed by atoms with Gasteiger partial charge in [-0.1, -0.05) is 18.2 Å². The van der Waals surface area contributed by atoms with Gasteiger partial charge >= 0.3 is 0 Å². The number of aliphatic hydroxyl groups is 1. The SMILES string of the molecule is COc1ccccc1CC1Oc2cc(N)ccc2N(CCO)C1=O. The highest BCUT2D eigenvalue weighted by molar-refractivity contribution is 6.00. The molecule has 3 N–H and O–H groups in total. The number of rotatable bonds is 5. The molecule has 0 saturated carbocycles. The molecule has 6 heteroatoms. The summed E-state index contributed by atoms with van der Waals surface area (Å²) < 4.78 is 11.2. The van der Waals surface area contributed by atoms with Crippen molar-refractivity contribution in [2.75, 3.05) is 30.9 Å². The van der Waals surface area contributed by atoms with E-state index in [0.717, 1.165) is 5.56 Å². The van der Waals surface area contributed by atoms with Crippen molar-refractivity contribution in [1.29, 1.82) is 0 Å². The van der Waals surface area contributed by atoms with Crippen LogP contribution in [0.1, 0.15) is 5.56 Å². The summed E-state index contributed by atoms with van der Waals surface area (Å²) in [5.74, 6) is 1.07. The number of nitrogen functional groups attached to an aromatic ring is 1. The zero-order chi connectivity index (χ0) is 17.1. The normalized spacial score (nSPS) is 16.5. The Morgan fingerprint density at radius 1 is 1.29 bits per heavy atom. The number of hydrogen-bond acceptors (Lipinski definition) is 5. The van der Waals surface area contributed by atoms with Gasteiger partial charge in [0, 0.05) is 24.7 Å². The second kappa shape index (κ2) is 6.80. The molecule has 2 aromatic carbocycles. The number of anilines is 2. The van der Waals surface area contributed by atoms with Crippen LogP contribution in [0.15, 0.2) is 42.5 Å². The zero-order valence-electron chi connectivity index (χ0n) is 13.4. The number of carbonyl (C=O) groups is 1. The second-order valence-electron chi connectivity index (χ2n) is 5.56. The summed E-state index contributed by atoms with van der Waals surface area (Å²) in [6.07, 6.45) is -0.318. The van der Waals surface area contributed by atoms with E-state index < -0.39 is 6.10 Å². The maximum atomic E-state index is 12.8. The summed E-state index contributed by atoms with van der Waals surface area (Å²) in [6.45, 7) is 0.0818. The Hall–Kier alpha value is -2.73. The van der Waals surface area contributed by atoms with Crippen LogP contribution < -0.4 is 20.1 Å². The molecule has 0 bridgehead atoms. The van der Waals surface area contributed by atoms with Crippen LogP contribution in [0, 0.1) is 0 Å². The largest absolute Gasteiger partial charge is 0.496 e. The minimum absolute atomic E-state index is 0.128. The molecule has 3 rings (SSSR count). The fourth-order valence-corrected chi connectivity index (χ4v) is 2.88. The van der Waals surface area contributed by atoms with Crippen LogP contribution in [0.5, 0.6) is 11.5 Å². The predicted molar refractivity (Wildman–Crippen MR) is 91.4 cm³/mol. The molecule has 1 amide bonds. The summed E-state index contributed by atoms with van der Waals surface area (Å²) in [4.78, 5) is 14.3. The monoisotopic (exact) mass is 328 g/mol. The van der Waals surface area contributed by atoms with Gasteiger partial charge in [-0.25, -0.2) is 0 Å². The number of para-hydroxylation sites is 1. The molecule has 1 unspecified atom stereocenters. The Balaban J connectivity index is 1.93. The van der Waals surface area contributed by atoms with Crippen molar-refractivity contribution in [2.24, 2.45) is 0 Å². The predicted octanol–water partition coefficient (Wildman–Crippen LogP) is 1.61. The van der Waals surface area contributed by atoms with Gasteiger partial charge in [0.15, 0.2) is 6.10 Å². The fraction of sp³-hybridized carbons (Fsp3) is 0.278. The van der Waals surface area contributed by atoms with Crippen LogP contribution in [0.4, 0.5) is 11.4 Å². The molecule has 1 aliphatic rings. The van der Waals surface area contributed by atoms with E-state index in [1.807, 2.05) is 24.3 Å². The van der Waals surface area contributed by atoms with Crippen LogP contribution in [0.2, 0.25) is 0 Å². The molecule has 0 saturated heterocycles. The number of benzene rings is 2. The Morgan fingerprint density at radius 3 is 2.83 bits per heavy atom.